The first-order chi connectivity index (χ1) is 8.47. The van der Waals surface area contributed by atoms with Gasteiger partial charge in [-0.3, -0.25) is 10.1 Å². The molecule has 0 aliphatic heterocycles. The van der Waals surface area contributed by atoms with Gasteiger partial charge in [0.15, 0.2) is 0 Å². The van der Waals surface area contributed by atoms with Crippen molar-refractivity contribution in [2.75, 3.05) is 19.3 Å². The molecule has 7 nitrogen and oxygen atoms in total. The highest BCUT2D eigenvalue weighted by Gasteiger charge is 2.21. The molecular formula is C11H17N3O4. The van der Waals surface area contributed by atoms with E-state index in [1.807, 2.05) is 0 Å². The van der Waals surface area contributed by atoms with Gasteiger partial charge >= 0.3 is 0 Å². The molecule has 0 aliphatic rings. The van der Waals surface area contributed by atoms with Crippen molar-refractivity contribution in [2.24, 2.45) is 0 Å². The van der Waals surface area contributed by atoms with E-state index in [0.717, 1.165) is 0 Å². The molecule has 0 aromatic heterocycles. The molecule has 0 bridgehead atoms. The zero-order valence-electron chi connectivity index (χ0n) is 10.0. The smallest absolute Gasteiger partial charge is 0.271 e. The number of aliphatic hydroxyl groups is 2. The molecule has 0 amide bonds. The molecule has 0 heterocycles. The first-order valence-corrected chi connectivity index (χ1v) is 5.52. The van der Waals surface area contributed by atoms with Crippen molar-refractivity contribution in [3.05, 3.63) is 33.9 Å². The number of aliphatic hydroxyl groups excluding tert-OH is 2. The van der Waals surface area contributed by atoms with Crippen LogP contribution in [0.25, 0.3) is 0 Å². The summed E-state index contributed by atoms with van der Waals surface area (Å²) in [6.45, 7) is 0.547. The third-order valence-electron chi connectivity index (χ3n) is 2.65. The summed E-state index contributed by atoms with van der Waals surface area (Å²) in [6.07, 6.45) is -1.77. The van der Waals surface area contributed by atoms with Crippen LogP contribution in [-0.2, 0) is 0 Å². The highest BCUT2D eigenvalue weighted by atomic mass is 16.6. The Morgan fingerprint density at radius 2 is 2.17 bits per heavy atom. The van der Waals surface area contributed by atoms with Gasteiger partial charge in [0.1, 0.15) is 6.10 Å². The number of nitro benzene ring substituents is 1. The molecule has 1 rings (SSSR count). The summed E-state index contributed by atoms with van der Waals surface area (Å²) in [5.41, 5.74) is 5.88. The topological polar surface area (TPSA) is 122 Å². The van der Waals surface area contributed by atoms with Gasteiger partial charge in [-0.15, -0.1) is 0 Å². The maximum atomic E-state index is 10.5. The normalized spacial score (nSPS) is 14.2. The zero-order chi connectivity index (χ0) is 13.7. The Morgan fingerprint density at radius 1 is 1.50 bits per heavy atom. The number of nitro groups is 1. The van der Waals surface area contributed by atoms with Gasteiger partial charge in [-0.1, -0.05) is 0 Å². The summed E-state index contributed by atoms with van der Waals surface area (Å²) in [7, 11) is 1.74. The molecule has 1 aromatic rings. The molecule has 0 saturated carbocycles. The van der Waals surface area contributed by atoms with Crippen molar-refractivity contribution in [3.63, 3.8) is 0 Å². The first-order valence-electron chi connectivity index (χ1n) is 5.52. The van der Waals surface area contributed by atoms with E-state index in [9.17, 15) is 20.3 Å². The summed E-state index contributed by atoms with van der Waals surface area (Å²) in [6, 6.07) is 3.78. The molecule has 2 atom stereocenters. The van der Waals surface area contributed by atoms with E-state index < -0.39 is 17.1 Å². The van der Waals surface area contributed by atoms with Crippen LogP contribution in [0.15, 0.2) is 18.2 Å². The van der Waals surface area contributed by atoms with Gasteiger partial charge in [0, 0.05) is 23.4 Å². The minimum Gasteiger partial charge on any atom is -0.398 e. The van der Waals surface area contributed by atoms with Crippen molar-refractivity contribution in [3.8, 4) is 0 Å². The SMILES string of the molecule is CNCCC(O)C(O)c1ccc([N+](=O)[O-])cc1N. The van der Waals surface area contributed by atoms with Crippen LogP contribution in [0, 0.1) is 10.1 Å². The highest BCUT2D eigenvalue weighted by molar-refractivity contribution is 5.55. The zero-order valence-corrected chi connectivity index (χ0v) is 10.0. The molecule has 18 heavy (non-hydrogen) atoms. The summed E-state index contributed by atoms with van der Waals surface area (Å²) in [5.74, 6) is 0. The lowest BCUT2D eigenvalue weighted by Crippen LogP contribution is -2.24. The number of anilines is 1. The van der Waals surface area contributed by atoms with E-state index in [-0.39, 0.29) is 11.4 Å². The fourth-order valence-electron chi connectivity index (χ4n) is 1.60. The molecule has 2 unspecified atom stereocenters. The third kappa shape index (κ3) is 3.39. The third-order valence-corrected chi connectivity index (χ3v) is 2.65. The number of rotatable bonds is 6. The molecule has 1 aromatic carbocycles. The molecule has 100 valence electrons. The van der Waals surface area contributed by atoms with Gasteiger partial charge in [0.25, 0.3) is 5.69 Å². The van der Waals surface area contributed by atoms with Crippen molar-refractivity contribution < 1.29 is 15.1 Å². The second-order valence-electron chi connectivity index (χ2n) is 3.97. The Bertz CT molecular complexity index is 425. The number of hydrogen-bond acceptors (Lipinski definition) is 6. The van der Waals surface area contributed by atoms with Gasteiger partial charge in [-0.2, -0.15) is 0 Å². The molecule has 0 spiro atoms. The molecular weight excluding hydrogens is 238 g/mol. The second-order valence-corrected chi connectivity index (χ2v) is 3.97. The lowest BCUT2D eigenvalue weighted by Gasteiger charge is -2.19. The van der Waals surface area contributed by atoms with Crippen molar-refractivity contribution >= 4 is 11.4 Å². The Hall–Kier alpha value is -1.70. The summed E-state index contributed by atoms with van der Waals surface area (Å²) < 4.78 is 0. The number of hydrogen-bond donors (Lipinski definition) is 4. The fourth-order valence-corrected chi connectivity index (χ4v) is 1.60. The Kier molecular flexibility index (Phi) is 5.02. The summed E-state index contributed by atoms with van der Waals surface area (Å²) >= 11 is 0. The number of nitrogens with two attached hydrogens (primary N) is 1. The van der Waals surface area contributed by atoms with Crippen LogP contribution in [0.1, 0.15) is 18.1 Å². The number of nitrogens with one attached hydrogen (secondary N) is 1. The van der Waals surface area contributed by atoms with Crippen LogP contribution in [-0.4, -0.2) is 34.8 Å². The Balaban J connectivity index is 2.86. The monoisotopic (exact) mass is 255 g/mol. The van der Waals surface area contributed by atoms with Crippen LogP contribution < -0.4 is 11.1 Å². The van der Waals surface area contributed by atoms with Gasteiger partial charge in [-0.25, -0.2) is 0 Å². The lowest BCUT2D eigenvalue weighted by molar-refractivity contribution is -0.384. The molecule has 0 saturated heterocycles. The van der Waals surface area contributed by atoms with E-state index in [2.05, 4.69) is 5.32 Å². The van der Waals surface area contributed by atoms with Crippen molar-refractivity contribution in [2.45, 2.75) is 18.6 Å². The van der Waals surface area contributed by atoms with E-state index >= 15 is 0 Å². The van der Waals surface area contributed by atoms with Gasteiger partial charge in [-0.05, 0) is 26.1 Å². The van der Waals surface area contributed by atoms with Gasteiger partial charge in [0.05, 0.1) is 11.0 Å². The van der Waals surface area contributed by atoms with Crippen LogP contribution in [0.5, 0.6) is 0 Å². The van der Waals surface area contributed by atoms with Crippen molar-refractivity contribution in [1.82, 2.24) is 5.32 Å². The number of nitrogen functional groups attached to an aromatic ring is 1. The van der Waals surface area contributed by atoms with E-state index in [0.29, 0.717) is 18.5 Å². The van der Waals surface area contributed by atoms with Gasteiger partial charge < -0.3 is 21.3 Å². The average Bonchev–Trinajstić information content (AvgIpc) is 2.34. The minimum atomic E-state index is -1.15. The second kappa shape index (κ2) is 6.29. The standard InChI is InChI=1S/C11H17N3O4/c1-13-5-4-10(15)11(16)8-3-2-7(14(17)18)6-9(8)12/h2-3,6,10-11,13,15-16H,4-5,12H2,1H3. The molecule has 0 fully saturated rings. The molecule has 5 N–H and O–H groups in total. The van der Waals surface area contributed by atoms with Crippen LogP contribution in [0.4, 0.5) is 11.4 Å². The maximum Gasteiger partial charge on any atom is 0.271 e. The molecule has 0 radical (unpaired) electrons. The lowest BCUT2D eigenvalue weighted by atomic mass is 10.00. The predicted molar refractivity (Wildman–Crippen MR) is 67.0 cm³/mol. The van der Waals surface area contributed by atoms with E-state index in [1.165, 1.54) is 18.2 Å². The first kappa shape index (κ1) is 14.4. The quantitative estimate of drug-likeness (QED) is 0.327. The number of nitrogens with zero attached hydrogens (tertiary/aromatic N) is 1. The Morgan fingerprint density at radius 3 is 2.67 bits per heavy atom. The van der Waals surface area contributed by atoms with Crippen LogP contribution >= 0.6 is 0 Å². The minimum absolute atomic E-state index is 0.0974. The Labute approximate surface area is 104 Å². The summed E-state index contributed by atoms with van der Waals surface area (Å²) in [4.78, 5) is 9.97. The number of non-ortho nitro benzene ring substituents is 1. The van der Waals surface area contributed by atoms with E-state index in [4.69, 9.17) is 5.73 Å². The number of benzene rings is 1. The van der Waals surface area contributed by atoms with Crippen LogP contribution in [0.3, 0.4) is 0 Å². The van der Waals surface area contributed by atoms with E-state index in [1.54, 1.807) is 7.05 Å². The largest absolute Gasteiger partial charge is 0.398 e. The maximum absolute atomic E-state index is 10.5. The highest BCUT2D eigenvalue weighted by Crippen LogP contribution is 2.27. The molecule has 7 heteroatoms. The fraction of sp³-hybridized carbons (Fsp3) is 0.455. The molecule has 0 aliphatic carbocycles. The predicted octanol–water partition coefficient (Wildman–Crippen LogP) is 0.181. The average molecular weight is 255 g/mol. The van der Waals surface area contributed by atoms with Crippen molar-refractivity contribution in [1.29, 1.82) is 0 Å². The van der Waals surface area contributed by atoms with Gasteiger partial charge in [0.2, 0.25) is 0 Å². The van der Waals surface area contributed by atoms with Crippen LogP contribution in [0.2, 0.25) is 0 Å². The summed E-state index contributed by atoms with van der Waals surface area (Å²) in [5, 5.41) is 33.0.